The first-order chi connectivity index (χ1) is 11.5. The molecule has 1 aromatic heterocycles. The normalized spacial score (nSPS) is 10.9. The molecule has 0 aliphatic rings. The fourth-order valence-corrected chi connectivity index (χ4v) is 2.53. The van der Waals surface area contributed by atoms with Crippen LogP contribution in [-0.4, -0.2) is 17.0 Å². The van der Waals surface area contributed by atoms with E-state index >= 15 is 0 Å². The summed E-state index contributed by atoms with van der Waals surface area (Å²) in [5.74, 6) is -0.828. The summed E-state index contributed by atoms with van der Waals surface area (Å²) in [6.45, 7) is 0.475. The molecule has 2 aromatic carbocycles. The molecule has 124 valence electrons. The molecule has 1 amide bonds. The van der Waals surface area contributed by atoms with Gasteiger partial charge in [-0.05, 0) is 41.8 Å². The molecule has 0 aliphatic carbocycles. The summed E-state index contributed by atoms with van der Waals surface area (Å²) >= 11 is 0. The maximum absolute atomic E-state index is 12.8. The lowest BCUT2D eigenvalue weighted by Crippen LogP contribution is -2.27. The number of rotatable bonds is 5. The second-order valence-corrected chi connectivity index (χ2v) is 5.63. The van der Waals surface area contributed by atoms with Gasteiger partial charge in [-0.2, -0.15) is 0 Å². The Kier molecular flexibility index (Phi) is 4.46. The van der Waals surface area contributed by atoms with Crippen LogP contribution in [0.5, 0.6) is 0 Å². The lowest BCUT2D eigenvalue weighted by molar-refractivity contribution is -0.120. The number of hydrogen-bond donors (Lipinski definition) is 1. The Morgan fingerprint density at radius 2 is 1.88 bits per heavy atom. The van der Waals surface area contributed by atoms with Crippen molar-refractivity contribution in [3.63, 3.8) is 0 Å². The summed E-state index contributed by atoms with van der Waals surface area (Å²) in [5, 5.41) is 2.83. The highest BCUT2D eigenvalue weighted by molar-refractivity contribution is 5.78. The zero-order chi connectivity index (χ0) is 17.1. The summed E-state index contributed by atoms with van der Waals surface area (Å²) in [6, 6.07) is 11.4. The largest absolute Gasteiger partial charge is 0.419 e. The molecule has 0 bridgehead atoms. The first-order valence-electron chi connectivity index (χ1n) is 7.62. The Morgan fingerprint density at radius 3 is 2.62 bits per heavy atom. The Labute approximate surface area is 137 Å². The second kappa shape index (κ2) is 6.70. The van der Waals surface area contributed by atoms with Crippen LogP contribution in [-0.2, 0) is 24.7 Å². The molecule has 3 aromatic rings. The van der Waals surface area contributed by atoms with Gasteiger partial charge in [0, 0.05) is 13.6 Å². The number of nitrogens with one attached hydrogen (secondary N) is 1. The summed E-state index contributed by atoms with van der Waals surface area (Å²) in [6.07, 6.45) is 0.844. The maximum atomic E-state index is 12.8. The van der Waals surface area contributed by atoms with E-state index in [0.29, 0.717) is 18.5 Å². The molecule has 0 unspecified atom stereocenters. The predicted octanol–water partition coefficient (Wildman–Crippen LogP) is 2.17. The first kappa shape index (κ1) is 16.0. The number of carbonyl (C=O) groups excluding carboxylic acids is 1. The Hall–Kier alpha value is -2.89. The molecule has 6 heteroatoms. The summed E-state index contributed by atoms with van der Waals surface area (Å²) in [4.78, 5) is 23.3. The van der Waals surface area contributed by atoms with Crippen LogP contribution in [0.4, 0.5) is 4.39 Å². The average molecular weight is 328 g/mol. The van der Waals surface area contributed by atoms with E-state index in [9.17, 15) is 14.0 Å². The second-order valence-electron chi connectivity index (χ2n) is 5.63. The van der Waals surface area contributed by atoms with E-state index in [4.69, 9.17) is 4.42 Å². The molecule has 0 fully saturated rings. The molecular weight excluding hydrogens is 311 g/mol. The molecule has 0 atom stereocenters. The molecule has 24 heavy (non-hydrogen) atoms. The van der Waals surface area contributed by atoms with Crippen LogP contribution in [0.1, 0.15) is 11.1 Å². The van der Waals surface area contributed by atoms with E-state index in [-0.39, 0.29) is 18.1 Å². The van der Waals surface area contributed by atoms with E-state index in [1.807, 2.05) is 18.2 Å². The van der Waals surface area contributed by atoms with Crippen molar-refractivity contribution in [1.29, 1.82) is 0 Å². The molecule has 0 saturated carbocycles. The van der Waals surface area contributed by atoms with Gasteiger partial charge >= 0.3 is 5.76 Å². The number of aryl methyl sites for hydroxylation is 1. The number of nitrogens with zero attached hydrogens (tertiary/aromatic N) is 1. The van der Waals surface area contributed by atoms with Crippen molar-refractivity contribution in [2.24, 2.45) is 7.05 Å². The molecule has 1 heterocycles. The van der Waals surface area contributed by atoms with Crippen molar-refractivity contribution < 1.29 is 13.6 Å². The van der Waals surface area contributed by atoms with Crippen LogP contribution in [0.25, 0.3) is 11.1 Å². The van der Waals surface area contributed by atoms with Gasteiger partial charge in [0.15, 0.2) is 5.58 Å². The number of halogens is 1. The average Bonchev–Trinajstić information content (AvgIpc) is 2.84. The van der Waals surface area contributed by atoms with Crippen LogP contribution in [0.3, 0.4) is 0 Å². The summed E-state index contributed by atoms with van der Waals surface area (Å²) in [5.41, 5.74) is 3.02. The zero-order valence-electron chi connectivity index (χ0n) is 13.2. The third kappa shape index (κ3) is 3.53. The minimum atomic E-state index is -0.394. The van der Waals surface area contributed by atoms with Gasteiger partial charge in [-0.1, -0.05) is 18.2 Å². The standard InChI is InChI=1S/C18H17FN2O3/c1-21-15-7-4-13(10-16(15)24-18(21)23)8-9-20-17(22)11-12-2-5-14(19)6-3-12/h2-7,10H,8-9,11H2,1H3,(H,20,22). The molecule has 0 spiro atoms. The minimum absolute atomic E-state index is 0.117. The van der Waals surface area contributed by atoms with Crippen molar-refractivity contribution in [2.75, 3.05) is 6.54 Å². The fraction of sp³-hybridized carbons (Fsp3) is 0.222. The van der Waals surface area contributed by atoms with E-state index in [2.05, 4.69) is 5.32 Å². The number of hydrogen-bond acceptors (Lipinski definition) is 3. The summed E-state index contributed by atoms with van der Waals surface area (Å²) < 4.78 is 19.4. The van der Waals surface area contributed by atoms with Crippen LogP contribution >= 0.6 is 0 Å². The quantitative estimate of drug-likeness (QED) is 0.781. The van der Waals surface area contributed by atoms with Gasteiger partial charge in [0.2, 0.25) is 5.91 Å². The summed E-state index contributed by atoms with van der Waals surface area (Å²) in [7, 11) is 1.66. The molecule has 0 radical (unpaired) electrons. The zero-order valence-corrected chi connectivity index (χ0v) is 13.2. The Bertz CT molecular complexity index is 926. The predicted molar refractivity (Wildman–Crippen MR) is 88.3 cm³/mol. The van der Waals surface area contributed by atoms with Crippen LogP contribution in [0.2, 0.25) is 0 Å². The van der Waals surface area contributed by atoms with E-state index in [0.717, 1.165) is 16.6 Å². The van der Waals surface area contributed by atoms with Crippen molar-refractivity contribution in [2.45, 2.75) is 12.8 Å². The number of oxazole rings is 1. The lowest BCUT2D eigenvalue weighted by Gasteiger charge is -2.06. The van der Waals surface area contributed by atoms with Crippen molar-refractivity contribution >= 4 is 17.0 Å². The van der Waals surface area contributed by atoms with E-state index in [1.54, 1.807) is 19.2 Å². The molecule has 0 aliphatic heterocycles. The Morgan fingerprint density at radius 1 is 1.17 bits per heavy atom. The minimum Gasteiger partial charge on any atom is -0.408 e. The highest BCUT2D eigenvalue weighted by atomic mass is 19.1. The van der Waals surface area contributed by atoms with Crippen molar-refractivity contribution in [3.8, 4) is 0 Å². The van der Waals surface area contributed by atoms with E-state index < -0.39 is 5.76 Å². The van der Waals surface area contributed by atoms with Gasteiger partial charge in [0.25, 0.3) is 0 Å². The van der Waals surface area contributed by atoms with E-state index in [1.165, 1.54) is 16.7 Å². The molecule has 5 nitrogen and oxygen atoms in total. The van der Waals surface area contributed by atoms with Gasteiger partial charge in [0.1, 0.15) is 5.82 Å². The van der Waals surface area contributed by atoms with Gasteiger partial charge < -0.3 is 9.73 Å². The van der Waals surface area contributed by atoms with Gasteiger partial charge in [-0.15, -0.1) is 0 Å². The maximum Gasteiger partial charge on any atom is 0.419 e. The highest BCUT2D eigenvalue weighted by Crippen LogP contribution is 2.14. The highest BCUT2D eigenvalue weighted by Gasteiger charge is 2.07. The molecule has 0 saturated heterocycles. The number of carbonyl (C=O) groups is 1. The third-order valence-corrected chi connectivity index (χ3v) is 3.87. The van der Waals surface area contributed by atoms with Gasteiger partial charge in [-0.25, -0.2) is 9.18 Å². The molecule has 3 rings (SSSR count). The van der Waals surface area contributed by atoms with Crippen molar-refractivity contribution in [1.82, 2.24) is 9.88 Å². The fourth-order valence-electron chi connectivity index (χ4n) is 2.53. The van der Waals surface area contributed by atoms with Crippen LogP contribution < -0.4 is 11.1 Å². The first-order valence-corrected chi connectivity index (χ1v) is 7.62. The van der Waals surface area contributed by atoms with Crippen molar-refractivity contribution in [3.05, 3.63) is 70.0 Å². The Balaban J connectivity index is 1.55. The number of aromatic nitrogens is 1. The van der Waals surface area contributed by atoms with Crippen LogP contribution in [0.15, 0.2) is 51.7 Å². The monoisotopic (exact) mass is 328 g/mol. The topological polar surface area (TPSA) is 64.2 Å². The lowest BCUT2D eigenvalue weighted by atomic mass is 10.1. The number of fused-ring (bicyclic) bond motifs is 1. The smallest absolute Gasteiger partial charge is 0.408 e. The molecular formula is C18H17FN2O3. The number of benzene rings is 2. The van der Waals surface area contributed by atoms with Gasteiger partial charge in [0.05, 0.1) is 11.9 Å². The van der Waals surface area contributed by atoms with Crippen LogP contribution in [0, 0.1) is 5.82 Å². The third-order valence-electron chi connectivity index (χ3n) is 3.87. The molecule has 1 N–H and O–H groups in total. The SMILES string of the molecule is Cn1c(=O)oc2cc(CCNC(=O)Cc3ccc(F)cc3)ccc21. The van der Waals surface area contributed by atoms with Gasteiger partial charge in [-0.3, -0.25) is 9.36 Å². The number of amides is 1.